The molecule has 14 rings (SSSR count). The summed E-state index contributed by atoms with van der Waals surface area (Å²) in [7, 11) is 6.35. The highest BCUT2D eigenvalue weighted by Gasteiger charge is 2.27. The molecule has 0 amide bonds. The predicted molar refractivity (Wildman–Crippen MR) is 390 cm³/mol. The molecule has 14 aromatic rings. The summed E-state index contributed by atoms with van der Waals surface area (Å²) in [6, 6.07) is 67.5. The van der Waals surface area contributed by atoms with Crippen LogP contribution in [-0.2, 0) is 18.9 Å². The summed E-state index contributed by atoms with van der Waals surface area (Å²) in [4.78, 5) is 28.0. The minimum absolute atomic E-state index is 0.0476. The van der Waals surface area contributed by atoms with Gasteiger partial charge in [0, 0.05) is 110 Å². The normalized spacial score (nSPS) is 10.8. The number of benzene rings is 8. The quantitative estimate of drug-likeness (QED) is 0.0628. The van der Waals surface area contributed by atoms with E-state index in [-0.39, 0.29) is 27.2 Å². The summed E-state index contributed by atoms with van der Waals surface area (Å²) in [6.45, 7) is -0.215. The topological polar surface area (TPSA) is 151 Å². The molecule has 0 N–H and O–H groups in total. The Morgan fingerprint density at radius 1 is 0.250 bits per heavy atom. The van der Waals surface area contributed by atoms with Gasteiger partial charge in [0.1, 0.15) is 23.0 Å². The van der Waals surface area contributed by atoms with E-state index in [2.05, 4.69) is 116 Å². The van der Waals surface area contributed by atoms with Crippen molar-refractivity contribution in [3.8, 4) is 127 Å². The number of fused-ring (bicyclic) bond motifs is 4. The van der Waals surface area contributed by atoms with E-state index in [1.54, 1.807) is 65.6 Å². The number of methoxy groups -OCH3 is 4. The van der Waals surface area contributed by atoms with E-state index < -0.39 is 0 Å². The monoisotopic (exact) mass is 1300 g/mol. The Bertz CT molecular complexity index is 5260. The van der Waals surface area contributed by atoms with E-state index in [9.17, 15) is 0 Å². The Balaban J connectivity index is 0.794. The van der Waals surface area contributed by atoms with Gasteiger partial charge in [-0.3, -0.25) is 29.9 Å². The highest BCUT2D eigenvalue weighted by atomic mass is 16.7. The molecule has 14 heteroatoms. The summed E-state index contributed by atoms with van der Waals surface area (Å²) in [5.41, 5.74) is 12.6. The third-order valence-corrected chi connectivity index (χ3v) is 16.3. The molecule has 0 spiro atoms. The van der Waals surface area contributed by atoms with E-state index >= 15 is 0 Å². The summed E-state index contributed by atoms with van der Waals surface area (Å²) < 4.78 is 48.8. The minimum Gasteiger partial charge on any atom is -0.466 e. The van der Waals surface area contributed by atoms with Crippen LogP contribution < -0.4 is 18.9 Å². The highest BCUT2D eigenvalue weighted by Crippen LogP contribution is 2.50. The fourth-order valence-corrected chi connectivity index (χ4v) is 11.8. The van der Waals surface area contributed by atoms with Crippen molar-refractivity contribution < 1.29 is 37.9 Å². The number of hydrogen-bond donors (Lipinski definition) is 0. The molecule has 0 aliphatic heterocycles. The molecule has 0 fully saturated rings. The molecular weight excluding hydrogens is 1240 g/mol. The molecule has 0 aliphatic rings. The smallest absolute Gasteiger partial charge is 0.188 e. The first kappa shape index (κ1) is 64.3. The first-order valence-electron chi connectivity index (χ1n) is 31.9. The first-order valence-corrected chi connectivity index (χ1v) is 31.9. The zero-order chi connectivity index (χ0) is 68.0. The van der Waals surface area contributed by atoms with Crippen LogP contribution in [0.2, 0.25) is 0 Å². The Morgan fingerprint density at radius 2 is 0.490 bits per heavy atom. The molecule has 0 bridgehead atoms. The van der Waals surface area contributed by atoms with E-state index in [0.29, 0.717) is 78.9 Å². The van der Waals surface area contributed by atoms with Crippen LogP contribution >= 0.6 is 0 Å². The van der Waals surface area contributed by atoms with Gasteiger partial charge in [0.2, 0.25) is 0 Å². The zero-order valence-corrected chi connectivity index (χ0v) is 54.9. The number of hydrogen-bond acceptors (Lipinski definition) is 14. The van der Waals surface area contributed by atoms with Gasteiger partial charge in [-0.25, -0.2) is 0 Å². The fraction of sp³-hybridized carbons (Fsp3) is 0.0930. The Kier molecular flexibility index (Phi) is 19.5. The van der Waals surface area contributed by atoms with Crippen LogP contribution in [0.4, 0.5) is 0 Å². The van der Waals surface area contributed by atoms with Crippen LogP contribution in [-0.4, -0.2) is 85.5 Å². The molecule has 0 radical (unpaired) electrons. The van der Waals surface area contributed by atoms with Crippen molar-refractivity contribution in [2.24, 2.45) is 0 Å². The lowest BCUT2D eigenvalue weighted by Crippen LogP contribution is -2.06. The maximum atomic E-state index is 6.63. The van der Waals surface area contributed by atoms with Gasteiger partial charge < -0.3 is 37.9 Å². The van der Waals surface area contributed by atoms with Crippen molar-refractivity contribution in [3.05, 3.63) is 288 Å². The fourth-order valence-electron chi connectivity index (χ4n) is 11.8. The second-order valence-electron chi connectivity index (χ2n) is 22.8. The molecule has 6 aromatic heterocycles. The number of pyridine rings is 6. The third-order valence-electron chi connectivity index (χ3n) is 16.3. The molecule has 14 nitrogen and oxygen atoms in total. The predicted octanol–water partition coefficient (Wildman–Crippen LogP) is 16.5. The second-order valence-corrected chi connectivity index (χ2v) is 22.8. The van der Waals surface area contributed by atoms with Crippen LogP contribution in [0.3, 0.4) is 0 Å². The maximum absolute atomic E-state index is 6.63. The van der Waals surface area contributed by atoms with Crippen LogP contribution in [0.5, 0.6) is 23.0 Å². The SMILES string of the molecule is COCOc1c(C#Cc2ccc(-c3ccccn3)nc2)cc2ccccc2c1-c1c(OCOC)c(C#Cc2ccc(-c3ccc(C#Cc4cc5ccccc5c(-c5c(OCOC)c(C#Cc6ccc(-c7ccccn7)nc6)cc6ccccc56)c4OCOC)cn3)nc2)cc2ccccc12. The van der Waals surface area contributed by atoms with Crippen molar-refractivity contribution >= 4 is 43.1 Å². The summed E-state index contributed by atoms with van der Waals surface area (Å²) >= 11 is 0. The number of ether oxygens (including phenoxy) is 8. The molecule has 0 saturated heterocycles. The number of nitrogens with zero attached hydrogens (tertiary/aromatic N) is 6. The van der Waals surface area contributed by atoms with Gasteiger partial charge in [0.05, 0.1) is 56.4 Å². The summed E-state index contributed by atoms with van der Waals surface area (Å²) in [5.74, 6) is 29.2. The van der Waals surface area contributed by atoms with Gasteiger partial charge in [-0.05, 0) is 140 Å². The van der Waals surface area contributed by atoms with Crippen LogP contribution in [0, 0.1) is 47.4 Å². The lowest BCUT2D eigenvalue weighted by atomic mass is 9.88. The molecule has 0 atom stereocenters. The number of rotatable bonds is 17. The van der Waals surface area contributed by atoms with Gasteiger partial charge in [0.25, 0.3) is 0 Å². The van der Waals surface area contributed by atoms with Crippen molar-refractivity contribution in [2.75, 3.05) is 55.6 Å². The van der Waals surface area contributed by atoms with Crippen molar-refractivity contribution in [3.63, 3.8) is 0 Å². The Labute approximate surface area is 578 Å². The standard InChI is InChI=1S/C86H60N6O8/c1-93-53-97-83-65(35-27-57-31-39-75(89-49-57)73-25-13-15-43-87-73)45-61-17-5-9-21-69(61)79(83)81-71-23-11-7-19-63(71)47-67(85(81)99-55-95-3)37-29-59-33-41-77(91-51-59)78-42-34-60(52-92-78)30-38-68-48-64-20-8-12-24-72(64)82(86(68)100-56-96-4)80-70-22-10-6-18-62(70)46-66(84(80)98-54-94-2)36-28-58-32-40-76(90-50-58)74-26-14-16-44-88-74/h5-26,31-34,39-52H,53-56H2,1-4H3. The Morgan fingerprint density at radius 3 is 0.710 bits per heavy atom. The molecule has 482 valence electrons. The molecule has 100 heavy (non-hydrogen) atoms. The number of aromatic nitrogens is 6. The Hall–Kier alpha value is -13.0. The molecule has 0 unspecified atom stereocenters. The first-order chi connectivity index (χ1) is 49.4. The van der Waals surface area contributed by atoms with Crippen LogP contribution in [0.15, 0.2) is 243 Å². The largest absolute Gasteiger partial charge is 0.466 e. The third kappa shape index (κ3) is 14.0. The molecular formula is C86H60N6O8. The van der Waals surface area contributed by atoms with E-state index in [1.807, 2.05) is 158 Å². The molecule has 0 aliphatic carbocycles. The summed E-state index contributed by atoms with van der Waals surface area (Å²) in [6.07, 6.45) is 10.5. The van der Waals surface area contributed by atoms with Crippen LogP contribution in [0.1, 0.15) is 44.5 Å². The molecule has 0 saturated carbocycles. The highest BCUT2D eigenvalue weighted by molar-refractivity contribution is 6.13. The van der Waals surface area contributed by atoms with Gasteiger partial charge in [-0.1, -0.05) is 157 Å². The zero-order valence-electron chi connectivity index (χ0n) is 54.9. The van der Waals surface area contributed by atoms with Gasteiger partial charge in [-0.15, -0.1) is 0 Å². The van der Waals surface area contributed by atoms with E-state index in [1.165, 1.54) is 0 Å². The average molecular weight is 1310 g/mol. The van der Waals surface area contributed by atoms with Crippen molar-refractivity contribution in [1.29, 1.82) is 0 Å². The van der Waals surface area contributed by atoms with Gasteiger partial charge >= 0.3 is 0 Å². The van der Waals surface area contributed by atoms with Gasteiger partial charge in [0.15, 0.2) is 27.2 Å². The lowest BCUT2D eigenvalue weighted by Gasteiger charge is -2.21. The average Bonchev–Trinajstić information content (AvgIpc) is 0.744. The molecule has 8 aromatic carbocycles. The van der Waals surface area contributed by atoms with Crippen LogP contribution in [0.25, 0.3) is 99.5 Å². The summed E-state index contributed by atoms with van der Waals surface area (Å²) in [5, 5.41) is 7.35. The molecule has 6 heterocycles. The lowest BCUT2D eigenvalue weighted by molar-refractivity contribution is 0.0500. The van der Waals surface area contributed by atoms with Crippen molar-refractivity contribution in [1.82, 2.24) is 29.9 Å². The minimum atomic E-state index is -0.0600. The van der Waals surface area contributed by atoms with Gasteiger partial charge in [-0.2, -0.15) is 0 Å². The second kappa shape index (κ2) is 30.4. The van der Waals surface area contributed by atoms with Crippen molar-refractivity contribution in [2.45, 2.75) is 0 Å². The maximum Gasteiger partial charge on any atom is 0.188 e. The van der Waals surface area contributed by atoms with E-state index in [4.69, 9.17) is 47.9 Å². The van der Waals surface area contributed by atoms with E-state index in [0.717, 1.165) is 88.1 Å².